The molecular weight excluding hydrogens is 603 g/mol. The number of fused-ring (bicyclic) bond motifs is 1. The number of unbranched alkanes of at least 4 members (excludes halogenated alkanes) is 3. The Morgan fingerprint density at radius 3 is 2.12 bits per heavy atom. The minimum atomic E-state index is -2.66. The van der Waals surface area contributed by atoms with Gasteiger partial charge in [-0.3, -0.25) is 0 Å². The molecule has 5 heteroatoms. The number of hydrogen-bond acceptors (Lipinski definition) is 4. The third kappa shape index (κ3) is 8.62. The van der Waals surface area contributed by atoms with E-state index in [1.807, 2.05) is 12.1 Å². The molecule has 0 radical (unpaired) electrons. The van der Waals surface area contributed by atoms with Gasteiger partial charge in [-0.15, -0.1) is 0 Å². The van der Waals surface area contributed by atoms with Gasteiger partial charge in [0.25, 0.3) is 0 Å². The van der Waals surface area contributed by atoms with E-state index in [9.17, 15) is 10.2 Å². The van der Waals surface area contributed by atoms with Crippen LogP contribution in [-0.2, 0) is 19.6 Å². The summed E-state index contributed by atoms with van der Waals surface area (Å²) in [7, 11) is 1.63. The number of aliphatic hydroxyl groups excluding tert-OH is 2. The van der Waals surface area contributed by atoms with Gasteiger partial charge in [-0.25, -0.2) is 0 Å². The summed E-state index contributed by atoms with van der Waals surface area (Å²) < 4.78 is 19.0. The Hall–Kier alpha value is -1.76. The number of rotatable bonds is 16. The van der Waals surface area contributed by atoms with Crippen LogP contribution in [0.2, 0.25) is 13.3 Å². The Kier molecular flexibility index (Phi) is 12.7. The molecule has 0 atom stereocenters. The topological polar surface area (TPSA) is 58.9 Å². The number of hydrogen-bond donors (Lipinski definition) is 2. The van der Waals surface area contributed by atoms with Crippen molar-refractivity contribution in [1.82, 2.24) is 0 Å². The van der Waals surface area contributed by atoms with Crippen molar-refractivity contribution in [2.75, 3.05) is 7.11 Å². The van der Waals surface area contributed by atoms with Crippen molar-refractivity contribution in [2.45, 2.75) is 112 Å². The van der Waals surface area contributed by atoms with Gasteiger partial charge in [0.05, 0.1) is 0 Å². The molecule has 2 N–H and O–H groups in total. The third-order valence-electron chi connectivity index (χ3n) is 8.29. The van der Waals surface area contributed by atoms with Crippen molar-refractivity contribution < 1.29 is 19.7 Å². The number of benzene rings is 2. The van der Waals surface area contributed by atoms with E-state index in [2.05, 4.69) is 69.1 Å². The fraction of sp³-hybridized carbons (Fsp3) is 0.543. The van der Waals surface area contributed by atoms with Crippen molar-refractivity contribution in [3.8, 4) is 11.5 Å². The van der Waals surface area contributed by atoms with Crippen LogP contribution in [0.4, 0.5) is 0 Å². The van der Waals surface area contributed by atoms with E-state index >= 15 is 0 Å². The predicted octanol–water partition coefficient (Wildman–Crippen LogP) is 8.88. The van der Waals surface area contributed by atoms with Crippen molar-refractivity contribution in [2.24, 2.45) is 0 Å². The maximum absolute atomic E-state index is 10.1. The van der Waals surface area contributed by atoms with Crippen molar-refractivity contribution in [1.29, 1.82) is 0 Å². The van der Waals surface area contributed by atoms with Gasteiger partial charge in [-0.05, 0) is 0 Å². The molecule has 0 aliphatic carbocycles. The first-order valence-electron chi connectivity index (χ1n) is 15.4. The summed E-state index contributed by atoms with van der Waals surface area (Å²) in [6, 6.07) is 10.8. The molecule has 2 aromatic carbocycles. The average Bonchev–Trinajstić information content (AvgIpc) is 2.96. The molecular formula is C35H52O4Sn. The van der Waals surface area contributed by atoms with Gasteiger partial charge in [-0.1, -0.05) is 0 Å². The SMILES string of the molecule is CCC[CH2][Sn](/[CH]=C(/Cc1cc(CO)c(CO)c(OC)c1)c1ccc2c(c1)C=CC(C)(C)O2)([CH2]CCC)[CH2]CCC. The second-order valence-electron chi connectivity index (χ2n) is 12.1. The molecule has 0 bridgehead atoms. The van der Waals surface area contributed by atoms with Crippen LogP contribution in [0.5, 0.6) is 11.5 Å². The average molecular weight is 656 g/mol. The normalized spacial score (nSPS) is 14.7. The van der Waals surface area contributed by atoms with E-state index in [1.54, 1.807) is 7.11 Å². The third-order valence-corrected chi connectivity index (χ3v) is 22.6. The molecule has 1 heterocycles. The molecule has 0 amide bonds. The van der Waals surface area contributed by atoms with Crippen LogP contribution in [0.15, 0.2) is 40.5 Å². The summed E-state index contributed by atoms with van der Waals surface area (Å²) >= 11 is -2.66. The Morgan fingerprint density at radius 1 is 0.925 bits per heavy atom. The molecule has 3 rings (SSSR count). The summed E-state index contributed by atoms with van der Waals surface area (Å²) in [5.74, 6) is 1.58. The molecule has 2 aromatic rings. The van der Waals surface area contributed by atoms with Crippen LogP contribution in [0, 0.1) is 0 Å². The Bertz CT molecular complexity index is 1120. The van der Waals surface area contributed by atoms with E-state index in [0.29, 0.717) is 11.3 Å². The van der Waals surface area contributed by atoms with Crippen LogP contribution >= 0.6 is 0 Å². The maximum atomic E-state index is 10.1. The Balaban J connectivity index is 2.18. The van der Waals surface area contributed by atoms with Crippen molar-refractivity contribution in [3.05, 3.63) is 68.3 Å². The Labute approximate surface area is 247 Å². The molecule has 0 saturated heterocycles. The molecule has 0 unspecified atom stereocenters. The predicted molar refractivity (Wildman–Crippen MR) is 172 cm³/mol. The summed E-state index contributed by atoms with van der Waals surface area (Å²) in [4.78, 5) is 0. The number of aliphatic hydroxyl groups is 2. The number of allylic oxidation sites excluding steroid dienone is 1. The molecule has 0 aromatic heterocycles. The molecule has 220 valence electrons. The van der Waals surface area contributed by atoms with Crippen molar-refractivity contribution in [3.63, 3.8) is 0 Å². The fourth-order valence-corrected chi connectivity index (χ4v) is 21.3. The summed E-state index contributed by atoms with van der Waals surface area (Å²) in [6.07, 6.45) is 12.8. The van der Waals surface area contributed by atoms with Crippen LogP contribution in [0.1, 0.15) is 101 Å². The zero-order valence-corrected chi connectivity index (χ0v) is 28.7. The van der Waals surface area contributed by atoms with Gasteiger partial charge in [0.2, 0.25) is 0 Å². The van der Waals surface area contributed by atoms with Gasteiger partial charge in [0.15, 0.2) is 0 Å². The molecule has 0 fully saturated rings. The Morgan fingerprint density at radius 2 is 1.57 bits per heavy atom. The van der Waals surface area contributed by atoms with Crippen LogP contribution in [-0.4, -0.2) is 41.3 Å². The van der Waals surface area contributed by atoms with Gasteiger partial charge >= 0.3 is 248 Å². The monoisotopic (exact) mass is 656 g/mol. The van der Waals surface area contributed by atoms with E-state index in [-0.39, 0.29) is 18.8 Å². The fourth-order valence-electron chi connectivity index (χ4n) is 5.95. The molecule has 0 spiro atoms. The van der Waals surface area contributed by atoms with Gasteiger partial charge < -0.3 is 0 Å². The van der Waals surface area contributed by atoms with Gasteiger partial charge in [0.1, 0.15) is 0 Å². The van der Waals surface area contributed by atoms with Crippen LogP contribution in [0.25, 0.3) is 11.6 Å². The molecule has 4 nitrogen and oxygen atoms in total. The van der Waals surface area contributed by atoms with Gasteiger partial charge in [-0.2, -0.15) is 0 Å². The van der Waals surface area contributed by atoms with Crippen molar-refractivity contribution >= 4 is 30.0 Å². The zero-order valence-electron chi connectivity index (χ0n) is 25.8. The zero-order chi connectivity index (χ0) is 29.2. The molecule has 1 aliphatic heterocycles. The quantitative estimate of drug-likeness (QED) is 0.178. The van der Waals surface area contributed by atoms with Crippen LogP contribution in [0.3, 0.4) is 0 Å². The summed E-state index contributed by atoms with van der Waals surface area (Å²) in [5.41, 5.74) is 5.99. The van der Waals surface area contributed by atoms with Crippen LogP contribution < -0.4 is 9.47 Å². The molecule has 0 saturated carbocycles. The molecule has 40 heavy (non-hydrogen) atoms. The van der Waals surface area contributed by atoms with E-state index in [0.717, 1.165) is 28.9 Å². The second kappa shape index (κ2) is 15.5. The van der Waals surface area contributed by atoms with E-state index < -0.39 is 18.4 Å². The second-order valence-corrected chi connectivity index (χ2v) is 24.9. The summed E-state index contributed by atoms with van der Waals surface area (Å²) in [6.45, 7) is 10.9. The first-order valence-corrected chi connectivity index (χ1v) is 23.1. The number of ether oxygens (including phenoxy) is 2. The standard InChI is InChI=1S/C23H25O4.3C4H9.Sn/c1-15(9-16-10-19(13-24)20(14-25)22(11-16)26-4)17-5-6-21-18(12-17)7-8-23(2,3)27-21;3*1-3-4-2;/h1,5-8,10-12,24-25H,9,13-14H2,2-4H3;3*1,3-4H2,2H3;. The van der Waals surface area contributed by atoms with Gasteiger partial charge in [0, 0.05) is 0 Å². The summed E-state index contributed by atoms with van der Waals surface area (Å²) in [5, 5.41) is 20.1. The number of methoxy groups -OCH3 is 1. The minimum absolute atomic E-state index is 0.122. The first kappa shape index (κ1) is 32.7. The van der Waals surface area contributed by atoms with E-state index in [1.165, 1.54) is 63.0 Å². The first-order chi connectivity index (χ1) is 19.2. The molecule has 1 aliphatic rings. The van der Waals surface area contributed by atoms with E-state index in [4.69, 9.17) is 9.47 Å².